The van der Waals surface area contributed by atoms with Gasteiger partial charge >= 0.3 is 0 Å². The molecule has 1 aliphatic heterocycles. The van der Waals surface area contributed by atoms with Crippen molar-refractivity contribution in [3.8, 4) is 11.5 Å². The van der Waals surface area contributed by atoms with Crippen LogP contribution in [-0.2, 0) is 16.1 Å². The van der Waals surface area contributed by atoms with Gasteiger partial charge in [-0.05, 0) is 47.5 Å². The van der Waals surface area contributed by atoms with Crippen molar-refractivity contribution in [2.45, 2.75) is 12.6 Å². The number of benzene rings is 2. The zero-order chi connectivity index (χ0) is 24.4. The van der Waals surface area contributed by atoms with Crippen LogP contribution in [0.4, 0.5) is 0 Å². The summed E-state index contributed by atoms with van der Waals surface area (Å²) in [6.07, 6.45) is 3.20. The molecule has 174 valence electrons. The summed E-state index contributed by atoms with van der Waals surface area (Å²) in [7, 11) is 2.90. The number of aliphatic hydroxyl groups excluding tert-OH is 1. The Kier molecular flexibility index (Phi) is 6.77. The number of carbonyl (C=O) groups excluding carboxylic acids is 2. The number of rotatable bonds is 6. The lowest BCUT2D eigenvalue weighted by Crippen LogP contribution is -2.29. The Balaban J connectivity index is 1.94. The van der Waals surface area contributed by atoms with Crippen LogP contribution in [0.3, 0.4) is 0 Å². The van der Waals surface area contributed by atoms with Crippen LogP contribution in [0, 0.1) is 0 Å². The number of carbonyl (C=O) groups is 2. The van der Waals surface area contributed by atoms with E-state index < -0.39 is 23.5 Å². The number of likely N-dealkylation sites (tertiary alicyclic amines) is 1. The number of aliphatic hydroxyl groups is 1. The van der Waals surface area contributed by atoms with Crippen molar-refractivity contribution < 1.29 is 24.2 Å². The fraction of sp³-hybridized carbons (Fsp3) is 0.160. The van der Waals surface area contributed by atoms with Gasteiger partial charge in [0.05, 0.1) is 36.4 Å². The van der Waals surface area contributed by atoms with Gasteiger partial charge < -0.3 is 19.5 Å². The van der Waals surface area contributed by atoms with Crippen LogP contribution in [0.25, 0.3) is 5.76 Å². The van der Waals surface area contributed by atoms with E-state index >= 15 is 0 Å². The lowest BCUT2D eigenvalue weighted by atomic mass is 9.94. The van der Waals surface area contributed by atoms with E-state index in [1.807, 2.05) is 0 Å². The van der Waals surface area contributed by atoms with Crippen LogP contribution in [0.2, 0.25) is 10.0 Å². The van der Waals surface area contributed by atoms with Gasteiger partial charge in [-0.2, -0.15) is 0 Å². The predicted molar refractivity (Wildman–Crippen MR) is 128 cm³/mol. The summed E-state index contributed by atoms with van der Waals surface area (Å²) in [5.41, 5.74) is 1.35. The van der Waals surface area contributed by atoms with Crippen molar-refractivity contribution in [1.29, 1.82) is 0 Å². The molecule has 1 aliphatic rings. The molecule has 0 bridgehead atoms. The summed E-state index contributed by atoms with van der Waals surface area (Å²) in [5.74, 6) is -1.36. The Bertz CT molecular complexity index is 1290. The van der Waals surface area contributed by atoms with E-state index in [0.29, 0.717) is 11.3 Å². The zero-order valence-electron chi connectivity index (χ0n) is 18.3. The highest BCUT2D eigenvalue weighted by atomic mass is 35.5. The fourth-order valence-corrected chi connectivity index (χ4v) is 4.55. The van der Waals surface area contributed by atoms with Crippen LogP contribution < -0.4 is 9.47 Å². The highest BCUT2D eigenvalue weighted by Gasteiger charge is 2.46. The second-order valence-electron chi connectivity index (χ2n) is 7.53. The summed E-state index contributed by atoms with van der Waals surface area (Å²) in [6.45, 7) is 0.124. The number of ether oxygens (including phenoxy) is 2. The second-order valence-corrected chi connectivity index (χ2v) is 8.37. The second kappa shape index (κ2) is 9.75. The first kappa shape index (κ1) is 23.6. The molecule has 1 N–H and O–H groups in total. The smallest absolute Gasteiger partial charge is 0.295 e. The van der Waals surface area contributed by atoms with Crippen LogP contribution in [-0.4, -0.2) is 40.9 Å². The number of amides is 1. The van der Waals surface area contributed by atoms with Crippen molar-refractivity contribution in [2.75, 3.05) is 14.2 Å². The molecule has 1 fully saturated rings. The molecule has 34 heavy (non-hydrogen) atoms. The third-order valence-corrected chi connectivity index (χ3v) is 6.02. The van der Waals surface area contributed by atoms with E-state index in [1.165, 1.54) is 31.3 Å². The molecule has 0 aliphatic carbocycles. The number of hydrogen-bond donors (Lipinski definition) is 1. The van der Waals surface area contributed by atoms with Crippen LogP contribution in [0.5, 0.6) is 11.5 Å². The monoisotopic (exact) mass is 498 g/mol. The molecule has 3 aromatic rings. The van der Waals surface area contributed by atoms with E-state index in [0.717, 1.165) is 5.56 Å². The van der Waals surface area contributed by atoms with Gasteiger partial charge in [-0.15, -0.1) is 0 Å². The molecule has 2 aromatic carbocycles. The molecule has 7 nitrogen and oxygen atoms in total. The van der Waals surface area contributed by atoms with E-state index in [9.17, 15) is 14.7 Å². The SMILES string of the molecule is COc1cccc(C2/C(=C(\O)c3cc(Cl)cc(Cl)c3OC)C(=O)C(=O)N2Cc2ccncc2)c1. The number of nitrogens with zero attached hydrogens (tertiary/aromatic N) is 2. The number of Topliss-reactive ketones (excluding diaryl/α,β-unsaturated/α-hetero) is 1. The third kappa shape index (κ3) is 4.32. The first-order valence-corrected chi connectivity index (χ1v) is 11.0. The number of aromatic nitrogens is 1. The Morgan fingerprint density at radius 2 is 1.79 bits per heavy atom. The maximum Gasteiger partial charge on any atom is 0.295 e. The number of pyridine rings is 1. The first-order chi connectivity index (χ1) is 16.3. The highest BCUT2D eigenvalue weighted by Crippen LogP contribution is 2.44. The summed E-state index contributed by atoms with van der Waals surface area (Å²) < 4.78 is 10.7. The van der Waals surface area contributed by atoms with Crippen molar-refractivity contribution in [2.24, 2.45) is 0 Å². The lowest BCUT2D eigenvalue weighted by molar-refractivity contribution is -0.140. The molecular formula is C25H20Cl2N2O5. The van der Waals surface area contributed by atoms with Crippen molar-refractivity contribution in [3.63, 3.8) is 0 Å². The van der Waals surface area contributed by atoms with Gasteiger partial charge in [0.25, 0.3) is 11.7 Å². The zero-order valence-corrected chi connectivity index (χ0v) is 19.8. The van der Waals surface area contributed by atoms with Gasteiger partial charge in [0.15, 0.2) is 0 Å². The average molecular weight is 499 g/mol. The standard InChI is InChI=1S/C25H20Cl2N2O5/c1-33-17-5-3-4-15(10-17)21-20(22(30)18-11-16(26)12-19(27)24(18)34-2)23(31)25(32)29(21)13-14-6-8-28-9-7-14/h3-12,21,30H,13H2,1-2H3/b22-20+. The Labute approximate surface area is 206 Å². The van der Waals surface area contributed by atoms with Crippen molar-refractivity contribution >= 4 is 40.7 Å². The van der Waals surface area contributed by atoms with Crippen LogP contribution >= 0.6 is 23.2 Å². The van der Waals surface area contributed by atoms with E-state index in [-0.39, 0.29) is 33.5 Å². The fourth-order valence-electron chi connectivity index (χ4n) is 3.97. The van der Waals surface area contributed by atoms with Gasteiger partial charge in [0, 0.05) is 24.0 Å². The largest absolute Gasteiger partial charge is 0.507 e. The molecule has 4 rings (SSSR count). The highest BCUT2D eigenvalue weighted by molar-refractivity contribution is 6.46. The minimum absolute atomic E-state index is 0.106. The molecule has 1 amide bonds. The third-order valence-electron chi connectivity index (χ3n) is 5.52. The molecule has 9 heteroatoms. The molecule has 0 radical (unpaired) electrons. The van der Waals surface area contributed by atoms with Crippen molar-refractivity contribution in [1.82, 2.24) is 9.88 Å². The molecule has 2 heterocycles. The van der Waals surface area contributed by atoms with Crippen LogP contribution in [0.15, 0.2) is 66.5 Å². The minimum Gasteiger partial charge on any atom is -0.507 e. The Hall–Kier alpha value is -3.55. The quantitative estimate of drug-likeness (QED) is 0.291. The lowest BCUT2D eigenvalue weighted by Gasteiger charge is -2.26. The molecule has 0 spiro atoms. The number of ketones is 1. The summed E-state index contributed by atoms with van der Waals surface area (Å²) in [5, 5.41) is 11.7. The summed E-state index contributed by atoms with van der Waals surface area (Å²) >= 11 is 12.4. The normalized spacial score (nSPS) is 17.2. The molecular weight excluding hydrogens is 479 g/mol. The summed E-state index contributed by atoms with van der Waals surface area (Å²) in [6, 6.07) is 12.5. The number of methoxy groups -OCH3 is 2. The maximum atomic E-state index is 13.3. The molecule has 1 unspecified atom stereocenters. The molecule has 1 saturated heterocycles. The maximum absolute atomic E-state index is 13.3. The Morgan fingerprint density at radius 1 is 1.06 bits per heavy atom. The predicted octanol–water partition coefficient (Wildman–Crippen LogP) is 5.03. The van der Waals surface area contributed by atoms with Gasteiger partial charge in [-0.1, -0.05) is 35.3 Å². The average Bonchev–Trinajstić information content (AvgIpc) is 3.08. The van der Waals surface area contributed by atoms with E-state index in [1.54, 1.807) is 48.8 Å². The topological polar surface area (TPSA) is 89.0 Å². The number of halogens is 2. The van der Waals surface area contributed by atoms with E-state index in [4.69, 9.17) is 32.7 Å². The van der Waals surface area contributed by atoms with Crippen LogP contribution in [0.1, 0.15) is 22.7 Å². The number of hydrogen-bond acceptors (Lipinski definition) is 6. The van der Waals surface area contributed by atoms with Gasteiger partial charge in [0.1, 0.15) is 17.3 Å². The first-order valence-electron chi connectivity index (χ1n) is 10.2. The van der Waals surface area contributed by atoms with Gasteiger partial charge in [-0.3, -0.25) is 14.6 Å². The van der Waals surface area contributed by atoms with E-state index in [2.05, 4.69) is 4.98 Å². The van der Waals surface area contributed by atoms with Gasteiger partial charge in [-0.25, -0.2) is 0 Å². The van der Waals surface area contributed by atoms with Gasteiger partial charge in [0.2, 0.25) is 0 Å². The Morgan fingerprint density at radius 3 is 2.47 bits per heavy atom. The molecule has 0 saturated carbocycles. The van der Waals surface area contributed by atoms with Crippen molar-refractivity contribution in [3.05, 3.63) is 93.2 Å². The minimum atomic E-state index is -0.897. The molecule has 1 atom stereocenters. The molecule has 1 aromatic heterocycles. The summed E-state index contributed by atoms with van der Waals surface area (Å²) in [4.78, 5) is 31.8.